The predicted octanol–water partition coefficient (Wildman–Crippen LogP) is 4.44. The van der Waals surface area contributed by atoms with Gasteiger partial charge in [-0.3, -0.25) is 9.97 Å². The van der Waals surface area contributed by atoms with Crippen LogP contribution in [0.2, 0.25) is 0 Å². The van der Waals surface area contributed by atoms with E-state index in [-0.39, 0.29) is 23.7 Å². The molecule has 1 aliphatic heterocycles. The predicted molar refractivity (Wildman–Crippen MR) is 138 cm³/mol. The summed E-state index contributed by atoms with van der Waals surface area (Å²) in [6.07, 6.45) is 4.35. The van der Waals surface area contributed by atoms with Crippen LogP contribution in [0, 0.1) is 6.92 Å². The van der Waals surface area contributed by atoms with Crippen LogP contribution < -0.4 is 4.72 Å². The molecule has 2 aromatic rings. The van der Waals surface area contributed by atoms with E-state index in [1.807, 2.05) is 27.7 Å². The molecule has 10 heteroatoms. The lowest BCUT2D eigenvalue weighted by Crippen LogP contribution is -2.43. The third kappa shape index (κ3) is 7.97. The van der Waals surface area contributed by atoms with Gasteiger partial charge in [-0.05, 0) is 73.4 Å². The molecule has 36 heavy (non-hydrogen) atoms. The van der Waals surface area contributed by atoms with Crippen LogP contribution in [-0.4, -0.2) is 59.7 Å². The highest BCUT2D eigenvalue weighted by Crippen LogP contribution is 2.28. The Bertz CT molecular complexity index is 1160. The van der Waals surface area contributed by atoms with Crippen LogP contribution in [0.4, 0.5) is 4.79 Å². The first-order chi connectivity index (χ1) is 16.6. The van der Waals surface area contributed by atoms with E-state index in [4.69, 9.17) is 9.47 Å². The van der Waals surface area contributed by atoms with Crippen molar-refractivity contribution >= 4 is 16.1 Å². The zero-order valence-electron chi connectivity index (χ0n) is 22.3. The van der Waals surface area contributed by atoms with Gasteiger partial charge in [0.05, 0.1) is 41.4 Å². The molecule has 1 fully saturated rings. The molecule has 1 aromatic heterocycles. The van der Waals surface area contributed by atoms with E-state index in [1.54, 1.807) is 56.3 Å². The lowest BCUT2D eigenvalue weighted by atomic mass is 10.1. The Morgan fingerprint density at radius 3 is 2.31 bits per heavy atom. The van der Waals surface area contributed by atoms with Gasteiger partial charge in [-0.1, -0.05) is 11.6 Å². The standard InChI is InChI=1S/C26H38N4O5S/c1-18-8-9-23(36(32,33)29-25(2,3)4)21(14-18)22-16-27-19(15-28-22)17-34-20-10-12-30(13-11-20)24(31)35-26(5,6)7/h8-9,14-16,20,29H,10-13,17H2,1-7H3. The summed E-state index contributed by atoms with van der Waals surface area (Å²) in [6.45, 7) is 14.3. The quantitative estimate of drug-likeness (QED) is 0.602. The lowest BCUT2D eigenvalue weighted by Gasteiger charge is -2.33. The van der Waals surface area contributed by atoms with Crippen molar-refractivity contribution in [1.29, 1.82) is 0 Å². The van der Waals surface area contributed by atoms with Gasteiger partial charge in [0, 0.05) is 24.2 Å². The number of nitrogens with one attached hydrogen (secondary N) is 1. The second kappa shape index (κ2) is 10.8. The molecule has 0 unspecified atom stereocenters. The number of ether oxygens (including phenoxy) is 2. The summed E-state index contributed by atoms with van der Waals surface area (Å²) >= 11 is 0. The van der Waals surface area contributed by atoms with Crippen LogP contribution in [0.5, 0.6) is 0 Å². The number of carbonyl (C=O) groups is 1. The molecule has 0 atom stereocenters. The summed E-state index contributed by atoms with van der Waals surface area (Å²) in [6, 6.07) is 5.17. The van der Waals surface area contributed by atoms with Gasteiger partial charge < -0.3 is 14.4 Å². The number of carbonyl (C=O) groups excluding carboxylic acids is 1. The van der Waals surface area contributed by atoms with Gasteiger partial charge in [-0.2, -0.15) is 0 Å². The van der Waals surface area contributed by atoms with Crippen molar-refractivity contribution in [3.8, 4) is 11.3 Å². The first-order valence-corrected chi connectivity index (χ1v) is 13.7. The highest BCUT2D eigenvalue weighted by molar-refractivity contribution is 7.89. The van der Waals surface area contributed by atoms with Gasteiger partial charge in [0.2, 0.25) is 10.0 Å². The highest BCUT2D eigenvalue weighted by Gasteiger charge is 2.28. The maximum atomic E-state index is 13.0. The van der Waals surface area contributed by atoms with Gasteiger partial charge in [0.25, 0.3) is 0 Å². The molecule has 1 N–H and O–H groups in total. The lowest BCUT2D eigenvalue weighted by molar-refractivity contribution is -0.0178. The van der Waals surface area contributed by atoms with E-state index in [0.29, 0.717) is 30.0 Å². The Morgan fingerprint density at radius 2 is 1.75 bits per heavy atom. The van der Waals surface area contributed by atoms with Crippen LogP contribution in [-0.2, 0) is 26.1 Å². The van der Waals surface area contributed by atoms with Crippen molar-refractivity contribution in [2.24, 2.45) is 0 Å². The van der Waals surface area contributed by atoms with Crippen molar-refractivity contribution < 1.29 is 22.7 Å². The molecule has 1 amide bonds. The molecule has 9 nitrogen and oxygen atoms in total. The fourth-order valence-electron chi connectivity index (χ4n) is 3.84. The fraction of sp³-hybridized carbons (Fsp3) is 0.577. The smallest absolute Gasteiger partial charge is 0.410 e. The summed E-state index contributed by atoms with van der Waals surface area (Å²) in [7, 11) is -3.75. The van der Waals surface area contributed by atoms with Crippen LogP contribution in [0.3, 0.4) is 0 Å². The van der Waals surface area contributed by atoms with Crippen LogP contribution in [0.15, 0.2) is 35.5 Å². The normalized spacial score (nSPS) is 15.7. The summed E-state index contributed by atoms with van der Waals surface area (Å²) in [5, 5.41) is 0. The first kappa shape index (κ1) is 28.0. The molecule has 0 bridgehead atoms. The fourth-order valence-corrected chi connectivity index (χ4v) is 5.46. The molecule has 198 valence electrons. The molecule has 0 spiro atoms. The Kier molecular flexibility index (Phi) is 8.42. The molecule has 1 aromatic carbocycles. The number of rotatable bonds is 6. The van der Waals surface area contributed by atoms with E-state index >= 15 is 0 Å². The maximum absolute atomic E-state index is 13.0. The summed E-state index contributed by atoms with van der Waals surface area (Å²) in [5.74, 6) is 0. The van der Waals surface area contributed by atoms with Gasteiger partial charge in [-0.25, -0.2) is 17.9 Å². The van der Waals surface area contributed by atoms with E-state index < -0.39 is 21.2 Å². The van der Waals surface area contributed by atoms with Gasteiger partial charge in [0.15, 0.2) is 0 Å². The summed E-state index contributed by atoms with van der Waals surface area (Å²) < 4.78 is 40.2. The Hall–Kier alpha value is -2.56. The average molecular weight is 519 g/mol. The minimum Gasteiger partial charge on any atom is -0.444 e. The topological polar surface area (TPSA) is 111 Å². The number of benzene rings is 1. The number of piperidine rings is 1. The number of sulfonamides is 1. The Balaban J connectivity index is 1.63. The second-order valence-electron chi connectivity index (χ2n) is 11.2. The molecular formula is C26H38N4O5S. The van der Waals surface area contributed by atoms with Gasteiger partial charge in [0.1, 0.15) is 5.60 Å². The molecule has 0 saturated carbocycles. The van der Waals surface area contributed by atoms with E-state index in [9.17, 15) is 13.2 Å². The zero-order valence-corrected chi connectivity index (χ0v) is 23.1. The summed E-state index contributed by atoms with van der Waals surface area (Å²) in [5.41, 5.74) is 1.42. The Labute approximate surface area is 214 Å². The molecule has 2 heterocycles. The van der Waals surface area contributed by atoms with Crippen molar-refractivity contribution in [1.82, 2.24) is 19.6 Å². The molecule has 0 radical (unpaired) electrons. The zero-order chi connectivity index (χ0) is 26.7. The number of aryl methyl sites for hydroxylation is 1. The number of hydrogen-bond donors (Lipinski definition) is 1. The van der Waals surface area contributed by atoms with Gasteiger partial charge in [-0.15, -0.1) is 0 Å². The Morgan fingerprint density at radius 1 is 1.08 bits per heavy atom. The summed E-state index contributed by atoms with van der Waals surface area (Å²) in [4.78, 5) is 23.1. The van der Waals surface area contributed by atoms with Crippen molar-refractivity contribution in [3.63, 3.8) is 0 Å². The SMILES string of the molecule is Cc1ccc(S(=O)(=O)NC(C)(C)C)c(-c2cnc(COC3CCN(C(=O)OC(C)(C)C)CC3)cn2)c1. The molecule has 1 saturated heterocycles. The third-order valence-corrected chi connectivity index (χ3v) is 7.22. The number of aromatic nitrogens is 2. The minimum atomic E-state index is -3.75. The van der Waals surface area contributed by atoms with Gasteiger partial charge >= 0.3 is 6.09 Å². The molecular weight excluding hydrogens is 480 g/mol. The van der Waals surface area contributed by atoms with E-state index in [0.717, 1.165) is 18.4 Å². The van der Waals surface area contributed by atoms with Crippen molar-refractivity contribution in [2.75, 3.05) is 13.1 Å². The molecule has 1 aliphatic rings. The number of nitrogens with zero attached hydrogens (tertiary/aromatic N) is 3. The number of likely N-dealkylation sites (tertiary alicyclic amines) is 1. The first-order valence-electron chi connectivity index (χ1n) is 12.2. The number of hydrogen-bond acceptors (Lipinski definition) is 7. The molecule has 3 rings (SSSR count). The van der Waals surface area contributed by atoms with Crippen molar-refractivity contribution in [2.45, 2.75) is 90.1 Å². The van der Waals surface area contributed by atoms with Crippen LogP contribution in [0.1, 0.15) is 65.6 Å². The highest BCUT2D eigenvalue weighted by atomic mass is 32.2. The van der Waals surface area contributed by atoms with Crippen LogP contribution in [0.25, 0.3) is 11.3 Å². The molecule has 0 aliphatic carbocycles. The van der Waals surface area contributed by atoms with Crippen LogP contribution >= 0.6 is 0 Å². The van der Waals surface area contributed by atoms with E-state index in [2.05, 4.69) is 14.7 Å². The number of amides is 1. The maximum Gasteiger partial charge on any atom is 0.410 e. The average Bonchev–Trinajstić information content (AvgIpc) is 2.75. The second-order valence-corrected chi connectivity index (χ2v) is 12.9. The minimum absolute atomic E-state index is 0.0159. The third-order valence-electron chi connectivity index (χ3n) is 5.41. The monoisotopic (exact) mass is 518 g/mol. The van der Waals surface area contributed by atoms with Crippen molar-refractivity contribution in [3.05, 3.63) is 41.9 Å². The van der Waals surface area contributed by atoms with E-state index in [1.165, 1.54) is 0 Å². The largest absolute Gasteiger partial charge is 0.444 e.